The Morgan fingerprint density at radius 2 is 1.66 bits per heavy atom. The van der Waals surface area contributed by atoms with Crippen LogP contribution in [-0.2, 0) is 9.53 Å². The van der Waals surface area contributed by atoms with E-state index in [4.69, 9.17) is 4.74 Å². The fourth-order valence-electron chi connectivity index (χ4n) is 3.81. The van der Waals surface area contributed by atoms with Gasteiger partial charge in [0.2, 0.25) is 5.91 Å². The molecule has 2 aromatic rings. The van der Waals surface area contributed by atoms with Gasteiger partial charge in [0, 0.05) is 12.2 Å². The predicted octanol–water partition coefficient (Wildman–Crippen LogP) is 4.25. The van der Waals surface area contributed by atoms with Gasteiger partial charge >= 0.3 is 6.09 Å². The van der Waals surface area contributed by atoms with Crippen LogP contribution in [0.25, 0.3) is 0 Å². The van der Waals surface area contributed by atoms with Crippen LogP contribution in [0.1, 0.15) is 44.0 Å². The predicted molar refractivity (Wildman–Crippen MR) is 133 cm³/mol. The van der Waals surface area contributed by atoms with Gasteiger partial charge in [-0.2, -0.15) is 0 Å². The minimum absolute atomic E-state index is 0.208. The van der Waals surface area contributed by atoms with Crippen molar-refractivity contribution in [2.45, 2.75) is 39.2 Å². The molecule has 0 unspecified atom stereocenters. The van der Waals surface area contributed by atoms with Crippen LogP contribution in [0.3, 0.4) is 0 Å². The van der Waals surface area contributed by atoms with E-state index in [9.17, 15) is 18.8 Å². The zero-order valence-corrected chi connectivity index (χ0v) is 20.4. The van der Waals surface area contributed by atoms with Gasteiger partial charge in [-0.3, -0.25) is 14.5 Å². The molecule has 1 saturated heterocycles. The first-order chi connectivity index (χ1) is 16.6. The average molecular weight is 485 g/mol. The van der Waals surface area contributed by atoms with Gasteiger partial charge in [0.1, 0.15) is 11.4 Å². The number of para-hydroxylation sites is 1. The highest BCUT2D eigenvalue weighted by Gasteiger charge is 2.23. The van der Waals surface area contributed by atoms with E-state index in [2.05, 4.69) is 20.9 Å². The van der Waals surface area contributed by atoms with Crippen LogP contribution in [0.2, 0.25) is 0 Å². The van der Waals surface area contributed by atoms with Gasteiger partial charge < -0.3 is 20.7 Å². The van der Waals surface area contributed by atoms with Crippen LogP contribution in [0.5, 0.6) is 0 Å². The first kappa shape index (κ1) is 26.2. The Morgan fingerprint density at radius 1 is 1.00 bits per heavy atom. The van der Waals surface area contributed by atoms with E-state index >= 15 is 0 Å². The van der Waals surface area contributed by atoms with E-state index < -0.39 is 17.6 Å². The molecule has 2 aromatic carbocycles. The monoisotopic (exact) mass is 484 g/mol. The zero-order chi connectivity index (χ0) is 25.4. The van der Waals surface area contributed by atoms with Crippen LogP contribution >= 0.6 is 0 Å². The Kier molecular flexibility index (Phi) is 8.81. The molecule has 0 bridgehead atoms. The molecule has 3 rings (SSSR count). The van der Waals surface area contributed by atoms with Crippen LogP contribution in [-0.4, -0.2) is 54.6 Å². The summed E-state index contributed by atoms with van der Waals surface area (Å²) < 4.78 is 18.4. The summed E-state index contributed by atoms with van der Waals surface area (Å²) >= 11 is 0. The minimum Gasteiger partial charge on any atom is -0.444 e. The second kappa shape index (κ2) is 11.8. The largest absolute Gasteiger partial charge is 0.444 e. The average Bonchev–Trinajstić information content (AvgIpc) is 2.79. The van der Waals surface area contributed by atoms with Crippen molar-refractivity contribution in [3.63, 3.8) is 0 Å². The van der Waals surface area contributed by atoms with Gasteiger partial charge in [0.25, 0.3) is 5.91 Å². The lowest BCUT2D eigenvalue weighted by molar-refractivity contribution is -0.117. The van der Waals surface area contributed by atoms with Crippen molar-refractivity contribution in [3.8, 4) is 0 Å². The molecule has 0 spiro atoms. The van der Waals surface area contributed by atoms with Crippen LogP contribution < -0.4 is 16.0 Å². The third-order valence-electron chi connectivity index (χ3n) is 5.56. The molecule has 0 aromatic heterocycles. The first-order valence-corrected chi connectivity index (χ1v) is 11.7. The van der Waals surface area contributed by atoms with E-state index in [1.807, 2.05) is 20.8 Å². The maximum absolute atomic E-state index is 13.1. The molecule has 8 nitrogen and oxygen atoms in total. The molecule has 0 radical (unpaired) electrons. The van der Waals surface area contributed by atoms with E-state index in [1.54, 1.807) is 24.3 Å². The molecule has 0 saturated carbocycles. The van der Waals surface area contributed by atoms with Gasteiger partial charge in [0.15, 0.2) is 0 Å². The minimum atomic E-state index is -0.527. The first-order valence-electron chi connectivity index (χ1n) is 11.7. The second-order valence-electron chi connectivity index (χ2n) is 9.66. The lowest BCUT2D eigenvalue weighted by Gasteiger charge is -2.31. The van der Waals surface area contributed by atoms with Gasteiger partial charge in [0.05, 0.1) is 17.8 Å². The van der Waals surface area contributed by atoms with Crippen LogP contribution in [0.4, 0.5) is 20.6 Å². The standard InChI is InChI=1S/C26H33FN4O4/c1-26(2,3)35-25(34)28-16-18-12-14-31(15-13-18)17-23(32)30-22-7-5-4-6-21(22)24(33)29-20-10-8-19(27)9-11-20/h4-11,18H,12-17H2,1-3H3,(H,28,34)(H,29,33)(H,30,32). The maximum Gasteiger partial charge on any atom is 0.407 e. The maximum atomic E-state index is 13.1. The molecule has 1 fully saturated rings. The highest BCUT2D eigenvalue weighted by Crippen LogP contribution is 2.20. The highest BCUT2D eigenvalue weighted by atomic mass is 19.1. The molecule has 1 heterocycles. The molecule has 1 aliphatic rings. The molecule has 35 heavy (non-hydrogen) atoms. The second-order valence-corrected chi connectivity index (χ2v) is 9.66. The topological polar surface area (TPSA) is 99.8 Å². The number of amides is 3. The molecule has 188 valence electrons. The number of rotatable bonds is 7. The van der Waals surface area contributed by atoms with Crippen molar-refractivity contribution in [1.29, 1.82) is 0 Å². The number of likely N-dealkylation sites (tertiary alicyclic amines) is 1. The van der Waals surface area contributed by atoms with E-state index in [-0.39, 0.29) is 18.3 Å². The number of alkyl carbamates (subject to hydrolysis) is 1. The molecule has 3 amide bonds. The van der Waals surface area contributed by atoms with Crippen molar-refractivity contribution in [2.24, 2.45) is 5.92 Å². The van der Waals surface area contributed by atoms with Crippen molar-refractivity contribution >= 4 is 29.3 Å². The quantitative estimate of drug-likeness (QED) is 0.546. The molecule has 1 aliphatic heterocycles. The van der Waals surface area contributed by atoms with Gasteiger partial charge in [-0.05, 0) is 89.0 Å². The van der Waals surface area contributed by atoms with Crippen molar-refractivity contribution in [2.75, 3.05) is 36.8 Å². The van der Waals surface area contributed by atoms with Gasteiger partial charge in [-0.25, -0.2) is 9.18 Å². The smallest absolute Gasteiger partial charge is 0.407 e. The zero-order valence-electron chi connectivity index (χ0n) is 20.4. The Balaban J connectivity index is 1.46. The van der Waals surface area contributed by atoms with Gasteiger partial charge in [-0.15, -0.1) is 0 Å². The summed E-state index contributed by atoms with van der Waals surface area (Å²) in [7, 11) is 0. The molecule has 3 N–H and O–H groups in total. The number of anilines is 2. The molecular formula is C26H33FN4O4. The molecule has 0 aliphatic carbocycles. The normalized spacial score (nSPS) is 14.7. The summed E-state index contributed by atoms with van der Waals surface area (Å²) in [4.78, 5) is 39.3. The molecule has 9 heteroatoms. The third-order valence-corrected chi connectivity index (χ3v) is 5.56. The number of piperidine rings is 1. The van der Waals surface area contributed by atoms with E-state index in [0.717, 1.165) is 25.9 Å². The van der Waals surface area contributed by atoms with Crippen molar-refractivity contribution < 1.29 is 23.5 Å². The van der Waals surface area contributed by atoms with Crippen molar-refractivity contribution in [1.82, 2.24) is 10.2 Å². The fraction of sp³-hybridized carbons (Fsp3) is 0.423. The van der Waals surface area contributed by atoms with Crippen LogP contribution in [0, 0.1) is 11.7 Å². The van der Waals surface area contributed by atoms with E-state index in [0.29, 0.717) is 29.4 Å². The number of carbonyl (C=O) groups excluding carboxylic acids is 3. The summed E-state index contributed by atoms with van der Waals surface area (Å²) in [5.41, 5.74) is 0.661. The Bertz CT molecular complexity index is 1030. The number of hydrogen-bond donors (Lipinski definition) is 3. The number of benzene rings is 2. The summed E-state index contributed by atoms with van der Waals surface area (Å²) in [6.07, 6.45) is 1.31. The number of halogens is 1. The fourth-order valence-corrected chi connectivity index (χ4v) is 3.81. The van der Waals surface area contributed by atoms with Crippen molar-refractivity contribution in [3.05, 3.63) is 59.9 Å². The summed E-state index contributed by atoms with van der Waals surface area (Å²) in [6.45, 7) is 7.71. The summed E-state index contributed by atoms with van der Waals surface area (Å²) in [5.74, 6) is -0.667. The number of hydrogen-bond acceptors (Lipinski definition) is 5. The number of ether oxygens (including phenoxy) is 1. The summed E-state index contributed by atoms with van der Waals surface area (Å²) in [6, 6.07) is 12.2. The van der Waals surface area contributed by atoms with E-state index in [1.165, 1.54) is 24.3 Å². The number of nitrogens with one attached hydrogen (secondary N) is 3. The highest BCUT2D eigenvalue weighted by molar-refractivity contribution is 6.10. The van der Waals surface area contributed by atoms with Crippen LogP contribution in [0.15, 0.2) is 48.5 Å². The number of nitrogens with zero attached hydrogens (tertiary/aromatic N) is 1. The number of carbonyl (C=O) groups is 3. The lowest BCUT2D eigenvalue weighted by Crippen LogP contribution is -2.42. The van der Waals surface area contributed by atoms with Gasteiger partial charge in [-0.1, -0.05) is 12.1 Å². The molecular weight excluding hydrogens is 451 g/mol. The SMILES string of the molecule is CC(C)(C)OC(=O)NCC1CCN(CC(=O)Nc2ccccc2C(=O)Nc2ccc(F)cc2)CC1. The third kappa shape index (κ3) is 8.68. The molecule has 0 atom stereocenters. The Labute approximate surface area is 205 Å². The Hall–Kier alpha value is -3.46. The Morgan fingerprint density at radius 3 is 2.31 bits per heavy atom. The summed E-state index contributed by atoms with van der Waals surface area (Å²) in [5, 5.41) is 8.36. The lowest BCUT2D eigenvalue weighted by atomic mass is 9.97.